The van der Waals surface area contributed by atoms with Gasteiger partial charge in [0.15, 0.2) is 0 Å². The van der Waals surface area contributed by atoms with Gasteiger partial charge in [0.05, 0.1) is 14.2 Å². The van der Waals surface area contributed by atoms with Crippen molar-refractivity contribution in [3.8, 4) is 11.5 Å². The third kappa shape index (κ3) is 3.54. The largest absolute Gasteiger partial charge is 0.496 e. The minimum atomic E-state index is 0. The third-order valence-corrected chi connectivity index (χ3v) is 3.84. The van der Waals surface area contributed by atoms with E-state index in [1.54, 1.807) is 14.2 Å². The Morgan fingerprint density at radius 3 is 2.26 bits per heavy atom. The molecule has 0 spiro atoms. The molecule has 0 aliphatic heterocycles. The first-order chi connectivity index (χ1) is 8.80. The highest BCUT2D eigenvalue weighted by atomic mass is 35.5. The minimum absolute atomic E-state index is 0. The Morgan fingerprint density at radius 1 is 1.11 bits per heavy atom. The summed E-state index contributed by atoms with van der Waals surface area (Å²) in [6.07, 6.45) is 5.98. The lowest BCUT2D eigenvalue weighted by atomic mass is 9.94. The predicted molar refractivity (Wildman–Crippen MR) is 80.8 cm³/mol. The normalized spacial score (nSPS) is 15.1. The lowest BCUT2D eigenvalue weighted by Crippen LogP contribution is -2.06. The molecule has 2 rings (SSSR count). The molecule has 108 valence electrons. The average Bonchev–Trinajstić information content (AvgIpc) is 2.92. The summed E-state index contributed by atoms with van der Waals surface area (Å²) in [4.78, 5) is 0. The second-order valence-electron chi connectivity index (χ2n) is 4.93. The summed E-state index contributed by atoms with van der Waals surface area (Å²) in [5.41, 5.74) is 8.08. The molecule has 0 heterocycles. The van der Waals surface area contributed by atoms with Crippen LogP contribution >= 0.6 is 12.4 Å². The van der Waals surface area contributed by atoms with Gasteiger partial charge in [0.1, 0.15) is 11.5 Å². The maximum absolute atomic E-state index is 5.64. The van der Waals surface area contributed by atoms with Crippen LogP contribution in [0, 0.1) is 0 Å². The van der Waals surface area contributed by atoms with Crippen molar-refractivity contribution in [2.24, 2.45) is 5.73 Å². The molecule has 0 aromatic heterocycles. The van der Waals surface area contributed by atoms with Crippen LogP contribution in [-0.4, -0.2) is 20.8 Å². The van der Waals surface area contributed by atoms with Crippen molar-refractivity contribution in [3.63, 3.8) is 0 Å². The van der Waals surface area contributed by atoms with Gasteiger partial charge in [-0.05, 0) is 49.4 Å². The average molecular weight is 286 g/mol. The van der Waals surface area contributed by atoms with E-state index in [0.29, 0.717) is 12.5 Å². The zero-order valence-corrected chi connectivity index (χ0v) is 12.6. The minimum Gasteiger partial charge on any atom is -0.496 e. The molecule has 3 nitrogen and oxygen atoms in total. The lowest BCUT2D eigenvalue weighted by molar-refractivity contribution is 0.391. The number of rotatable bonds is 5. The van der Waals surface area contributed by atoms with E-state index in [4.69, 9.17) is 15.2 Å². The fourth-order valence-electron chi connectivity index (χ4n) is 2.89. The first-order valence-corrected chi connectivity index (χ1v) is 6.75. The second kappa shape index (κ2) is 7.61. The number of ether oxygens (including phenoxy) is 2. The van der Waals surface area contributed by atoms with Crippen molar-refractivity contribution in [2.45, 2.75) is 38.0 Å². The fraction of sp³-hybridized carbons (Fsp3) is 0.600. The summed E-state index contributed by atoms with van der Waals surface area (Å²) in [5.74, 6) is 2.56. The van der Waals surface area contributed by atoms with Crippen LogP contribution in [0.2, 0.25) is 0 Å². The van der Waals surface area contributed by atoms with Crippen molar-refractivity contribution in [1.82, 2.24) is 0 Å². The summed E-state index contributed by atoms with van der Waals surface area (Å²) < 4.78 is 11.0. The van der Waals surface area contributed by atoms with Crippen LogP contribution in [-0.2, 0) is 6.42 Å². The van der Waals surface area contributed by atoms with Gasteiger partial charge in [-0.1, -0.05) is 12.8 Å². The monoisotopic (exact) mass is 285 g/mol. The number of nitrogens with two attached hydrogens (primary N) is 1. The van der Waals surface area contributed by atoms with Gasteiger partial charge in [-0.15, -0.1) is 12.4 Å². The summed E-state index contributed by atoms with van der Waals surface area (Å²) in [6, 6.07) is 4.25. The molecule has 0 atom stereocenters. The Morgan fingerprint density at radius 2 is 1.74 bits per heavy atom. The molecule has 0 amide bonds. The van der Waals surface area contributed by atoms with E-state index < -0.39 is 0 Å². The first kappa shape index (κ1) is 16.1. The zero-order chi connectivity index (χ0) is 13.0. The van der Waals surface area contributed by atoms with Gasteiger partial charge in [0, 0.05) is 5.56 Å². The number of hydrogen-bond donors (Lipinski definition) is 1. The number of hydrogen-bond acceptors (Lipinski definition) is 3. The number of halogens is 1. The van der Waals surface area contributed by atoms with E-state index in [9.17, 15) is 0 Å². The highest BCUT2D eigenvalue weighted by Crippen LogP contribution is 2.41. The molecule has 1 aromatic carbocycles. The summed E-state index contributed by atoms with van der Waals surface area (Å²) in [6.45, 7) is 0.627. The van der Waals surface area contributed by atoms with Crippen LogP contribution in [0.15, 0.2) is 12.1 Å². The van der Waals surface area contributed by atoms with Gasteiger partial charge < -0.3 is 15.2 Å². The van der Waals surface area contributed by atoms with Crippen molar-refractivity contribution in [1.29, 1.82) is 0 Å². The molecule has 0 unspecified atom stereocenters. The lowest BCUT2D eigenvalue weighted by Gasteiger charge is -2.18. The molecule has 4 heteroatoms. The van der Waals surface area contributed by atoms with Crippen LogP contribution in [0.5, 0.6) is 11.5 Å². The molecule has 1 aliphatic carbocycles. The molecule has 1 saturated carbocycles. The van der Waals surface area contributed by atoms with E-state index in [2.05, 4.69) is 12.1 Å². The maximum Gasteiger partial charge on any atom is 0.122 e. The highest BCUT2D eigenvalue weighted by molar-refractivity contribution is 5.85. The van der Waals surface area contributed by atoms with Crippen LogP contribution < -0.4 is 15.2 Å². The second-order valence-corrected chi connectivity index (χ2v) is 4.93. The Hall–Kier alpha value is -0.930. The van der Waals surface area contributed by atoms with E-state index in [1.165, 1.54) is 31.2 Å². The molecule has 1 aliphatic rings. The summed E-state index contributed by atoms with van der Waals surface area (Å²) in [7, 11) is 3.47. The molecule has 0 radical (unpaired) electrons. The SMILES string of the molecule is COc1cc(C2CCCC2)c(OC)cc1CCN.Cl. The van der Waals surface area contributed by atoms with Crippen LogP contribution in [0.4, 0.5) is 0 Å². The fourth-order valence-corrected chi connectivity index (χ4v) is 2.89. The van der Waals surface area contributed by atoms with E-state index in [-0.39, 0.29) is 12.4 Å². The van der Waals surface area contributed by atoms with Crippen LogP contribution in [0.1, 0.15) is 42.7 Å². The highest BCUT2D eigenvalue weighted by Gasteiger charge is 2.22. The maximum atomic E-state index is 5.64. The molecular formula is C15H24ClNO2. The van der Waals surface area contributed by atoms with Gasteiger partial charge in [-0.2, -0.15) is 0 Å². The van der Waals surface area contributed by atoms with Crippen LogP contribution in [0.3, 0.4) is 0 Å². The Labute approximate surface area is 121 Å². The Kier molecular flexibility index (Phi) is 6.46. The van der Waals surface area contributed by atoms with E-state index in [1.807, 2.05) is 0 Å². The Balaban J connectivity index is 0.00000180. The topological polar surface area (TPSA) is 44.5 Å². The van der Waals surface area contributed by atoms with Crippen molar-refractivity contribution in [3.05, 3.63) is 23.3 Å². The quantitative estimate of drug-likeness (QED) is 0.903. The van der Waals surface area contributed by atoms with E-state index >= 15 is 0 Å². The third-order valence-electron chi connectivity index (χ3n) is 3.84. The standard InChI is InChI=1S/C15H23NO2.ClH/c1-17-14-10-13(11-5-3-4-6-11)15(18-2)9-12(14)7-8-16;/h9-11H,3-8,16H2,1-2H3;1H. The van der Waals surface area contributed by atoms with Crippen molar-refractivity contribution in [2.75, 3.05) is 20.8 Å². The predicted octanol–water partition coefficient (Wildman–Crippen LogP) is 3.28. The molecule has 2 N–H and O–H groups in total. The van der Waals surface area contributed by atoms with Gasteiger partial charge >= 0.3 is 0 Å². The van der Waals surface area contributed by atoms with Crippen molar-refractivity contribution < 1.29 is 9.47 Å². The van der Waals surface area contributed by atoms with E-state index in [0.717, 1.165) is 23.5 Å². The number of benzene rings is 1. The van der Waals surface area contributed by atoms with Crippen LogP contribution in [0.25, 0.3) is 0 Å². The molecule has 0 bridgehead atoms. The van der Waals surface area contributed by atoms with Gasteiger partial charge in [0.25, 0.3) is 0 Å². The van der Waals surface area contributed by atoms with Gasteiger partial charge in [-0.25, -0.2) is 0 Å². The summed E-state index contributed by atoms with van der Waals surface area (Å²) in [5, 5.41) is 0. The van der Waals surface area contributed by atoms with Gasteiger partial charge in [0.2, 0.25) is 0 Å². The zero-order valence-electron chi connectivity index (χ0n) is 11.8. The van der Waals surface area contributed by atoms with Gasteiger partial charge in [-0.3, -0.25) is 0 Å². The molecular weight excluding hydrogens is 262 g/mol. The first-order valence-electron chi connectivity index (χ1n) is 6.75. The smallest absolute Gasteiger partial charge is 0.122 e. The molecule has 0 saturated heterocycles. The Bertz CT molecular complexity index is 403. The van der Waals surface area contributed by atoms with Crippen molar-refractivity contribution >= 4 is 12.4 Å². The number of methoxy groups -OCH3 is 2. The summed E-state index contributed by atoms with van der Waals surface area (Å²) >= 11 is 0. The molecule has 1 aromatic rings. The molecule has 19 heavy (non-hydrogen) atoms. The molecule has 1 fully saturated rings.